The van der Waals surface area contributed by atoms with Gasteiger partial charge >= 0.3 is 0 Å². The number of rotatable bonds is 0. The summed E-state index contributed by atoms with van der Waals surface area (Å²) in [5.41, 5.74) is 0. The molecule has 0 aromatic heterocycles. The first kappa shape index (κ1) is 10.0. The topological polar surface area (TPSA) is 24.1 Å². The van der Waals surface area contributed by atoms with E-state index in [2.05, 4.69) is 17.6 Å². The van der Waals surface area contributed by atoms with Crippen molar-refractivity contribution in [2.75, 3.05) is 26.2 Å². The zero-order chi connectivity index (χ0) is 8.65. The second kappa shape index (κ2) is 6.44. The Kier molecular flexibility index (Phi) is 5.37. The smallest absolute Gasteiger partial charge is 0.00227 e. The summed E-state index contributed by atoms with van der Waals surface area (Å²) in [4.78, 5) is 0. The van der Waals surface area contributed by atoms with Gasteiger partial charge in [-0.2, -0.15) is 0 Å². The highest BCUT2D eigenvalue weighted by Gasteiger charge is 2.06. The largest absolute Gasteiger partial charge is 0.317 e. The lowest BCUT2D eigenvalue weighted by Gasteiger charge is -2.08. The summed E-state index contributed by atoms with van der Waals surface area (Å²) in [6.07, 6.45) is 5.59. The van der Waals surface area contributed by atoms with Crippen LogP contribution in [0.3, 0.4) is 0 Å². The molecule has 2 heteroatoms. The first-order valence-corrected chi connectivity index (χ1v) is 5.31. The molecule has 2 aliphatic rings. The first-order valence-electron chi connectivity index (χ1n) is 5.31. The highest BCUT2D eigenvalue weighted by Crippen LogP contribution is 2.03. The maximum absolute atomic E-state index is 3.28. The summed E-state index contributed by atoms with van der Waals surface area (Å²) in [6.45, 7) is 7.25. The molecule has 72 valence electrons. The van der Waals surface area contributed by atoms with Gasteiger partial charge in [0.2, 0.25) is 0 Å². The lowest BCUT2D eigenvalue weighted by atomic mass is 10.2. The van der Waals surface area contributed by atoms with Gasteiger partial charge in [0.05, 0.1) is 0 Å². The van der Waals surface area contributed by atoms with Gasteiger partial charge in [-0.25, -0.2) is 0 Å². The van der Waals surface area contributed by atoms with Crippen molar-refractivity contribution in [3.8, 4) is 0 Å². The Morgan fingerprint density at radius 2 is 1.67 bits per heavy atom. The zero-order valence-corrected chi connectivity index (χ0v) is 8.23. The van der Waals surface area contributed by atoms with Crippen LogP contribution < -0.4 is 10.6 Å². The minimum Gasteiger partial charge on any atom is -0.317 e. The molecular weight excluding hydrogens is 148 g/mol. The molecule has 2 saturated heterocycles. The third kappa shape index (κ3) is 4.73. The van der Waals surface area contributed by atoms with Crippen LogP contribution in [0.25, 0.3) is 0 Å². The van der Waals surface area contributed by atoms with Crippen LogP contribution in [0.2, 0.25) is 0 Å². The van der Waals surface area contributed by atoms with Crippen molar-refractivity contribution in [3.63, 3.8) is 0 Å². The van der Waals surface area contributed by atoms with Gasteiger partial charge in [0.25, 0.3) is 0 Å². The van der Waals surface area contributed by atoms with Crippen LogP contribution in [-0.2, 0) is 0 Å². The van der Waals surface area contributed by atoms with Crippen LogP contribution in [0.15, 0.2) is 0 Å². The van der Waals surface area contributed by atoms with Crippen molar-refractivity contribution in [3.05, 3.63) is 0 Å². The molecule has 1 unspecified atom stereocenters. The minimum atomic E-state index is 0.935. The molecular formula is C10H22N2. The van der Waals surface area contributed by atoms with E-state index < -0.39 is 0 Å². The number of piperidine rings is 1. The van der Waals surface area contributed by atoms with E-state index in [1.165, 1.54) is 51.9 Å². The number of hydrogen-bond donors (Lipinski definition) is 2. The van der Waals surface area contributed by atoms with Crippen LogP contribution in [0.5, 0.6) is 0 Å². The van der Waals surface area contributed by atoms with Gasteiger partial charge in [-0.05, 0) is 51.4 Å². The second-order valence-corrected chi connectivity index (χ2v) is 3.91. The molecule has 0 amide bonds. The molecule has 2 rings (SSSR count). The highest BCUT2D eigenvalue weighted by atomic mass is 14.9. The van der Waals surface area contributed by atoms with E-state index >= 15 is 0 Å². The van der Waals surface area contributed by atoms with Crippen molar-refractivity contribution < 1.29 is 0 Å². The van der Waals surface area contributed by atoms with Crippen LogP contribution in [0, 0.1) is 5.92 Å². The van der Waals surface area contributed by atoms with E-state index in [4.69, 9.17) is 0 Å². The van der Waals surface area contributed by atoms with Gasteiger partial charge in [-0.15, -0.1) is 0 Å². The molecule has 0 aromatic rings. The molecule has 2 aliphatic heterocycles. The Labute approximate surface area is 76.1 Å². The molecule has 0 aliphatic carbocycles. The quantitative estimate of drug-likeness (QED) is 0.574. The van der Waals surface area contributed by atoms with Crippen LogP contribution in [0.4, 0.5) is 0 Å². The second-order valence-electron chi connectivity index (χ2n) is 3.91. The molecule has 0 spiro atoms. The predicted molar refractivity (Wildman–Crippen MR) is 53.4 cm³/mol. The lowest BCUT2D eigenvalue weighted by Crippen LogP contribution is -2.21. The normalized spacial score (nSPS) is 29.2. The summed E-state index contributed by atoms with van der Waals surface area (Å²) in [7, 11) is 0. The van der Waals surface area contributed by atoms with Gasteiger partial charge in [-0.3, -0.25) is 0 Å². The SMILES string of the molecule is C1CCNCC1.CC1CCNC1. The third-order valence-electron chi connectivity index (χ3n) is 2.51. The van der Waals surface area contributed by atoms with Crippen molar-refractivity contribution in [2.24, 2.45) is 5.92 Å². The lowest BCUT2D eigenvalue weighted by molar-refractivity contribution is 0.520. The summed E-state index contributed by atoms with van der Waals surface area (Å²) in [5.74, 6) is 0.935. The molecule has 2 N–H and O–H groups in total. The van der Waals surface area contributed by atoms with E-state index in [9.17, 15) is 0 Å². The third-order valence-corrected chi connectivity index (χ3v) is 2.51. The molecule has 0 aromatic carbocycles. The van der Waals surface area contributed by atoms with Gasteiger partial charge in [0, 0.05) is 0 Å². The summed E-state index contributed by atoms with van der Waals surface area (Å²) in [5, 5.41) is 6.56. The standard InChI is InChI=1S/2C5H11N/c1-5-2-3-6-4-5;1-2-4-6-5-3-1/h5-6H,2-4H2,1H3;6H,1-5H2. The highest BCUT2D eigenvalue weighted by molar-refractivity contribution is 4.65. The summed E-state index contributed by atoms with van der Waals surface area (Å²) < 4.78 is 0. The number of hydrogen-bond acceptors (Lipinski definition) is 2. The fraction of sp³-hybridized carbons (Fsp3) is 1.00. The maximum atomic E-state index is 3.28. The van der Waals surface area contributed by atoms with Gasteiger partial charge in [-0.1, -0.05) is 13.3 Å². The molecule has 0 radical (unpaired) electrons. The number of nitrogens with one attached hydrogen (secondary N) is 2. The van der Waals surface area contributed by atoms with Crippen LogP contribution >= 0.6 is 0 Å². The maximum Gasteiger partial charge on any atom is -0.00227 e. The average molecular weight is 170 g/mol. The fourth-order valence-electron chi connectivity index (χ4n) is 1.60. The first-order chi connectivity index (χ1) is 5.89. The Balaban J connectivity index is 0.000000120. The Hall–Kier alpha value is -0.0800. The van der Waals surface area contributed by atoms with Gasteiger partial charge in [0.15, 0.2) is 0 Å². The van der Waals surface area contributed by atoms with E-state index in [0.29, 0.717) is 0 Å². The molecule has 2 nitrogen and oxygen atoms in total. The average Bonchev–Trinajstić information content (AvgIpc) is 2.60. The summed E-state index contributed by atoms with van der Waals surface area (Å²) in [6, 6.07) is 0. The Morgan fingerprint density at radius 1 is 0.917 bits per heavy atom. The van der Waals surface area contributed by atoms with Crippen molar-refractivity contribution >= 4 is 0 Å². The van der Waals surface area contributed by atoms with Gasteiger partial charge in [0.1, 0.15) is 0 Å². The van der Waals surface area contributed by atoms with E-state index in [1.807, 2.05) is 0 Å². The summed E-state index contributed by atoms with van der Waals surface area (Å²) >= 11 is 0. The molecule has 2 fully saturated rings. The van der Waals surface area contributed by atoms with Crippen molar-refractivity contribution in [1.29, 1.82) is 0 Å². The Bertz CT molecular complexity index is 82.5. The van der Waals surface area contributed by atoms with Crippen LogP contribution in [-0.4, -0.2) is 26.2 Å². The molecule has 12 heavy (non-hydrogen) atoms. The van der Waals surface area contributed by atoms with E-state index in [0.717, 1.165) is 5.92 Å². The van der Waals surface area contributed by atoms with E-state index in [-0.39, 0.29) is 0 Å². The molecule has 1 atom stereocenters. The minimum absolute atomic E-state index is 0.935. The van der Waals surface area contributed by atoms with Gasteiger partial charge < -0.3 is 10.6 Å². The zero-order valence-electron chi connectivity index (χ0n) is 8.23. The van der Waals surface area contributed by atoms with E-state index in [1.54, 1.807) is 0 Å². The monoisotopic (exact) mass is 170 g/mol. The van der Waals surface area contributed by atoms with Crippen molar-refractivity contribution in [1.82, 2.24) is 10.6 Å². The van der Waals surface area contributed by atoms with Crippen molar-refractivity contribution in [2.45, 2.75) is 32.6 Å². The predicted octanol–water partition coefficient (Wildman–Crippen LogP) is 1.38. The Morgan fingerprint density at radius 3 is 1.83 bits per heavy atom. The molecule has 2 heterocycles. The molecule has 0 bridgehead atoms. The van der Waals surface area contributed by atoms with Crippen LogP contribution in [0.1, 0.15) is 32.6 Å². The molecule has 0 saturated carbocycles. The fourth-order valence-corrected chi connectivity index (χ4v) is 1.60.